The SMILES string of the molecule is Cc1ccsc1C1/C(=C(/O)c2ccccc2)C(=O)C(=O)N1CCc1ccc(Cl)cc1. The second-order valence-corrected chi connectivity index (χ2v) is 8.59. The highest BCUT2D eigenvalue weighted by Gasteiger charge is 2.46. The molecular formula is C24H20ClNO3S. The van der Waals surface area contributed by atoms with Crippen molar-refractivity contribution in [2.24, 2.45) is 0 Å². The Morgan fingerprint density at radius 2 is 1.77 bits per heavy atom. The van der Waals surface area contributed by atoms with Crippen LogP contribution in [0.25, 0.3) is 5.76 Å². The zero-order valence-electron chi connectivity index (χ0n) is 16.3. The molecule has 1 N–H and O–H groups in total. The maximum atomic E-state index is 13.0. The molecule has 1 aliphatic heterocycles. The lowest BCUT2D eigenvalue weighted by atomic mass is 9.98. The summed E-state index contributed by atoms with van der Waals surface area (Å²) in [5.41, 5.74) is 2.67. The first-order chi connectivity index (χ1) is 14.5. The lowest BCUT2D eigenvalue weighted by molar-refractivity contribution is -0.139. The summed E-state index contributed by atoms with van der Waals surface area (Å²) >= 11 is 7.45. The van der Waals surface area contributed by atoms with E-state index in [4.69, 9.17) is 11.6 Å². The second-order valence-electron chi connectivity index (χ2n) is 7.20. The number of nitrogens with zero attached hydrogens (tertiary/aromatic N) is 1. The molecule has 1 unspecified atom stereocenters. The minimum absolute atomic E-state index is 0.138. The molecule has 30 heavy (non-hydrogen) atoms. The Balaban J connectivity index is 1.75. The lowest BCUT2D eigenvalue weighted by Crippen LogP contribution is -2.31. The van der Waals surface area contributed by atoms with Crippen LogP contribution in [0.3, 0.4) is 0 Å². The average Bonchev–Trinajstić information content (AvgIpc) is 3.28. The molecule has 1 saturated heterocycles. The number of likely N-dealkylation sites (tertiary alicyclic amines) is 1. The highest BCUT2D eigenvalue weighted by atomic mass is 35.5. The molecule has 2 heterocycles. The van der Waals surface area contributed by atoms with Gasteiger partial charge in [-0.25, -0.2) is 0 Å². The van der Waals surface area contributed by atoms with Crippen molar-refractivity contribution in [3.63, 3.8) is 0 Å². The van der Waals surface area contributed by atoms with E-state index in [0.29, 0.717) is 23.6 Å². The van der Waals surface area contributed by atoms with Crippen LogP contribution in [-0.2, 0) is 16.0 Å². The summed E-state index contributed by atoms with van der Waals surface area (Å²) in [6.45, 7) is 2.31. The largest absolute Gasteiger partial charge is 0.507 e. The summed E-state index contributed by atoms with van der Waals surface area (Å²) in [6, 6.07) is 17.7. The molecule has 3 aromatic rings. The standard InChI is InChI=1S/C24H20ClNO3S/c1-15-12-14-30-23(15)20-19(21(27)17-5-3-2-4-6-17)22(28)24(29)26(20)13-11-16-7-9-18(25)10-8-16/h2-10,12,14,20,27H,11,13H2,1H3/b21-19-. The molecule has 152 valence electrons. The highest BCUT2D eigenvalue weighted by molar-refractivity contribution is 7.10. The number of thiophene rings is 1. The molecule has 1 aromatic heterocycles. The van der Waals surface area contributed by atoms with Gasteiger partial charge in [0, 0.05) is 22.0 Å². The van der Waals surface area contributed by atoms with Gasteiger partial charge in [0.25, 0.3) is 11.7 Å². The number of ketones is 1. The van der Waals surface area contributed by atoms with Crippen molar-refractivity contribution in [3.8, 4) is 0 Å². The Kier molecular flexibility index (Phi) is 5.75. The fourth-order valence-corrected chi connectivity index (χ4v) is 4.87. The van der Waals surface area contributed by atoms with Crippen molar-refractivity contribution < 1.29 is 14.7 Å². The molecule has 0 saturated carbocycles. The van der Waals surface area contributed by atoms with Crippen molar-refractivity contribution in [1.82, 2.24) is 4.90 Å². The van der Waals surface area contributed by atoms with E-state index in [0.717, 1.165) is 16.0 Å². The van der Waals surface area contributed by atoms with Crippen LogP contribution in [0, 0.1) is 6.92 Å². The first-order valence-electron chi connectivity index (χ1n) is 9.59. The smallest absolute Gasteiger partial charge is 0.295 e. The predicted octanol–water partition coefficient (Wildman–Crippen LogP) is 5.37. The quantitative estimate of drug-likeness (QED) is 0.331. The monoisotopic (exact) mass is 437 g/mol. The fraction of sp³-hybridized carbons (Fsp3) is 0.167. The van der Waals surface area contributed by atoms with E-state index >= 15 is 0 Å². The average molecular weight is 438 g/mol. The normalized spacial score (nSPS) is 18.2. The Labute approximate surface area is 184 Å². The summed E-state index contributed by atoms with van der Waals surface area (Å²) in [4.78, 5) is 28.4. The number of rotatable bonds is 5. The molecular weight excluding hydrogens is 418 g/mol. The van der Waals surface area contributed by atoms with Gasteiger partial charge in [-0.2, -0.15) is 0 Å². The van der Waals surface area contributed by atoms with Gasteiger partial charge in [0.2, 0.25) is 0 Å². The first kappa shape index (κ1) is 20.4. The Hall–Kier alpha value is -2.89. The van der Waals surface area contributed by atoms with Crippen LogP contribution in [0.1, 0.15) is 27.6 Å². The molecule has 4 nitrogen and oxygen atoms in total. The molecule has 2 aromatic carbocycles. The first-order valence-corrected chi connectivity index (χ1v) is 10.9. The van der Waals surface area contributed by atoms with Gasteiger partial charge >= 0.3 is 0 Å². The number of Topliss-reactive ketones (excluding diaryl/α,β-unsaturated/α-hetero) is 1. The topological polar surface area (TPSA) is 57.6 Å². The number of aryl methyl sites for hydroxylation is 1. The number of amides is 1. The van der Waals surface area contributed by atoms with Crippen molar-refractivity contribution >= 4 is 40.4 Å². The Morgan fingerprint density at radius 1 is 1.07 bits per heavy atom. The van der Waals surface area contributed by atoms with Crippen molar-refractivity contribution in [2.75, 3.05) is 6.54 Å². The molecule has 0 aliphatic carbocycles. The van der Waals surface area contributed by atoms with Crippen LogP contribution in [-0.4, -0.2) is 28.2 Å². The molecule has 0 bridgehead atoms. The second kappa shape index (κ2) is 8.46. The number of hydrogen-bond donors (Lipinski definition) is 1. The van der Waals surface area contributed by atoms with Crippen LogP contribution in [0.4, 0.5) is 0 Å². The summed E-state index contributed by atoms with van der Waals surface area (Å²) < 4.78 is 0. The third kappa shape index (κ3) is 3.78. The van der Waals surface area contributed by atoms with E-state index < -0.39 is 17.7 Å². The van der Waals surface area contributed by atoms with Crippen molar-refractivity contribution in [1.29, 1.82) is 0 Å². The van der Waals surface area contributed by atoms with Crippen LogP contribution in [0.2, 0.25) is 5.02 Å². The molecule has 0 spiro atoms. The van der Waals surface area contributed by atoms with Gasteiger partial charge in [-0.1, -0.05) is 54.1 Å². The van der Waals surface area contributed by atoms with E-state index in [9.17, 15) is 14.7 Å². The molecule has 1 atom stereocenters. The van der Waals surface area contributed by atoms with Gasteiger partial charge in [0.15, 0.2) is 0 Å². The number of aliphatic hydroxyl groups excluding tert-OH is 1. The Morgan fingerprint density at radius 3 is 2.40 bits per heavy atom. The number of halogens is 1. The van der Waals surface area contributed by atoms with Gasteiger partial charge in [-0.15, -0.1) is 11.3 Å². The maximum absolute atomic E-state index is 13.0. The number of benzene rings is 2. The van der Waals surface area contributed by atoms with E-state index in [1.165, 1.54) is 11.3 Å². The van der Waals surface area contributed by atoms with Crippen LogP contribution in [0.5, 0.6) is 0 Å². The maximum Gasteiger partial charge on any atom is 0.295 e. The predicted molar refractivity (Wildman–Crippen MR) is 120 cm³/mol. The number of carbonyl (C=O) groups excluding carboxylic acids is 2. The zero-order valence-corrected chi connectivity index (χ0v) is 17.9. The third-order valence-corrected chi connectivity index (χ3v) is 6.62. The molecule has 1 amide bonds. The molecule has 1 fully saturated rings. The van der Waals surface area contributed by atoms with E-state index in [2.05, 4.69) is 0 Å². The lowest BCUT2D eigenvalue weighted by Gasteiger charge is -2.25. The fourth-order valence-electron chi connectivity index (χ4n) is 3.70. The van der Waals surface area contributed by atoms with Crippen LogP contribution >= 0.6 is 22.9 Å². The van der Waals surface area contributed by atoms with Gasteiger partial charge in [0.1, 0.15) is 5.76 Å². The molecule has 1 aliphatic rings. The van der Waals surface area contributed by atoms with Crippen molar-refractivity contribution in [2.45, 2.75) is 19.4 Å². The minimum atomic E-state index is -0.648. The molecule has 4 rings (SSSR count). The summed E-state index contributed by atoms with van der Waals surface area (Å²) in [5, 5.41) is 13.6. The summed E-state index contributed by atoms with van der Waals surface area (Å²) in [5.74, 6) is -1.37. The van der Waals surface area contributed by atoms with E-state index in [1.54, 1.807) is 41.3 Å². The number of hydrogen-bond acceptors (Lipinski definition) is 4. The van der Waals surface area contributed by atoms with Crippen LogP contribution < -0.4 is 0 Å². The van der Waals surface area contributed by atoms with Crippen LogP contribution in [0.15, 0.2) is 71.6 Å². The van der Waals surface area contributed by atoms with Gasteiger partial charge < -0.3 is 10.0 Å². The van der Waals surface area contributed by atoms with Crippen molar-refractivity contribution in [3.05, 3.63) is 98.2 Å². The number of carbonyl (C=O) groups is 2. The molecule has 0 radical (unpaired) electrons. The minimum Gasteiger partial charge on any atom is -0.507 e. The van der Waals surface area contributed by atoms with Gasteiger partial charge in [0.05, 0.1) is 11.6 Å². The molecule has 6 heteroatoms. The Bertz CT molecular complexity index is 1120. The summed E-state index contributed by atoms with van der Waals surface area (Å²) in [6.07, 6.45) is 0.580. The zero-order chi connectivity index (χ0) is 21.3. The van der Waals surface area contributed by atoms with E-state index in [1.807, 2.05) is 36.6 Å². The van der Waals surface area contributed by atoms with Gasteiger partial charge in [-0.3, -0.25) is 9.59 Å². The highest BCUT2D eigenvalue weighted by Crippen LogP contribution is 2.42. The van der Waals surface area contributed by atoms with E-state index in [-0.39, 0.29) is 11.3 Å². The van der Waals surface area contributed by atoms with Gasteiger partial charge in [-0.05, 0) is 48.1 Å². The summed E-state index contributed by atoms with van der Waals surface area (Å²) in [7, 11) is 0. The number of aliphatic hydroxyl groups is 1. The third-order valence-electron chi connectivity index (χ3n) is 5.29.